The van der Waals surface area contributed by atoms with Gasteiger partial charge in [0.25, 0.3) is 5.78 Å². The van der Waals surface area contributed by atoms with Crippen molar-refractivity contribution in [3.05, 3.63) is 70.3 Å². The van der Waals surface area contributed by atoms with Gasteiger partial charge in [0.1, 0.15) is 17.2 Å². The number of aromatic nitrogens is 4. The van der Waals surface area contributed by atoms with Crippen molar-refractivity contribution in [3.63, 3.8) is 0 Å². The molecule has 1 unspecified atom stereocenters. The van der Waals surface area contributed by atoms with Crippen molar-refractivity contribution in [1.29, 1.82) is 5.26 Å². The number of esters is 1. The fourth-order valence-electron chi connectivity index (χ4n) is 6.16. The van der Waals surface area contributed by atoms with Crippen LogP contribution in [0.2, 0.25) is 0 Å². The molecular formula is C30H34FN5O3. The van der Waals surface area contributed by atoms with Gasteiger partial charge < -0.3 is 9.84 Å². The molecule has 3 heterocycles. The summed E-state index contributed by atoms with van der Waals surface area (Å²) in [5.74, 6) is 0.0595. The molecule has 204 valence electrons. The van der Waals surface area contributed by atoms with Crippen LogP contribution in [0.5, 0.6) is 0 Å². The molecule has 1 aliphatic heterocycles. The molecule has 3 aromatic rings. The van der Waals surface area contributed by atoms with E-state index in [1.165, 1.54) is 6.07 Å². The Morgan fingerprint density at radius 1 is 1.28 bits per heavy atom. The van der Waals surface area contributed by atoms with Crippen molar-refractivity contribution >= 4 is 11.7 Å². The number of benzene rings is 1. The van der Waals surface area contributed by atoms with Gasteiger partial charge in [0.2, 0.25) is 0 Å². The van der Waals surface area contributed by atoms with Crippen LogP contribution in [0.3, 0.4) is 0 Å². The van der Waals surface area contributed by atoms with E-state index >= 15 is 0 Å². The summed E-state index contributed by atoms with van der Waals surface area (Å²) in [5, 5.41) is 25.0. The number of halogens is 1. The second kappa shape index (κ2) is 10.1. The van der Waals surface area contributed by atoms with Crippen LogP contribution in [-0.4, -0.2) is 36.3 Å². The number of carbonyl (C=O) groups is 1. The number of nitrogens with zero attached hydrogens (tertiary/aromatic N) is 5. The molecule has 2 fully saturated rings. The second-order valence-corrected chi connectivity index (χ2v) is 11.1. The summed E-state index contributed by atoms with van der Waals surface area (Å²) < 4.78 is 22.7. The maximum atomic E-state index is 14.9. The molecule has 0 bridgehead atoms. The number of rotatable bonds is 7. The summed E-state index contributed by atoms with van der Waals surface area (Å²) >= 11 is 0. The van der Waals surface area contributed by atoms with Crippen molar-refractivity contribution in [1.82, 2.24) is 19.6 Å². The van der Waals surface area contributed by atoms with Crippen LogP contribution < -0.4 is 0 Å². The van der Waals surface area contributed by atoms with E-state index < -0.39 is 17.0 Å². The first-order valence-corrected chi connectivity index (χ1v) is 13.3. The highest BCUT2D eigenvalue weighted by Crippen LogP contribution is 2.49. The third kappa shape index (κ3) is 4.88. The molecule has 0 saturated heterocycles. The van der Waals surface area contributed by atoms with Crippen molar-refractivity contribution in [2.24, 2.45) is 5.92 Å². The Labute approximate surface area is 227 Å². The Morgan fingerprint density at radius 2 is 2.05 bits per heavy atom. The number of hydrogen-bond donors (Lipinski definition) is 1. The summed E-state index contributed by atoms with van der Waals surface area (Å²) in [6.45, 7) is 1.90. The summed E-state index contributed by atoms with van der Waals surface area (Å²) in [7, 11) is 0. The van der Waals surface area contributed by atoms with Crippen molar-refractivity contribution < 1.29 is 19.0 Å². The molecular weight excluding hydrogens is 497 g/mol. The number of hydrogen-bond acceptors (Lipinski definition) is 7. The van der Waals surface area contributed by atoms with Crippen LogP contribution in [0, 0.1) is 30.0 Å². The lowest BCUT2D eigenvalue weighted by Gasteiger charge is -2.41. The highest BCUT2D eigenvalue weighted by molar-refractivity contribution is 5.90. The molecule has 9 heteroatoms. The highest BCUT2D eigenvalue weighted by Gasteiger charge is 2.49. The van der Waals surface area contributed by atoms with Gasteiger partial charge in [-0.25, -0.2) is 18.7 Å². The first-order valence-electron chi connectivity index (χ1n) is 13.3. The van der Waals surface area contributed by atoms with E-state index in [4.69, 9.17) is 4.74 Å². The number of aliphatic hydroxyl groups is 1. The summed E-state index contributed by atoms with van der Waals surface area (Å²) in [5.41, 5.74) is 0.846. The van der Waals surface area contributed by atoms with Crippen LogP contribution in [-0.2, 0) is 27.8 Å². The van der Waals surface area contributed by atoms with Crippen LogP contribution in [0.15, 0.2) is 41.9 Å². The molecule has 0 spiro atoms. The lowest BCUT2D eigenvalue weighted by atomic mass is 9.76. The maximum absolute atomic E-state index is 14.9. The molecule has 8 nitrogen and oxygen atoms in total. The van der Waals surface area contributed by atoms with Gasteiger partial charge in [-0.15, -0.1) is 5.10 Å². The van der Waals surface area contributed by atoms with Gasteiger partial charge in [0, 0.05) is 30.8 Å². The number of nitriles is 1. The average Bonchev–Trinajstić information content (AvgIpc) is 3.28. The summed E-state index contributed by atoms with van der Waals surface area (Å²) in [6, 6.07) is 7.35. The first-order chi connectivity index (χ1) is 18.3. The maximum Gasteiger partial charge on any atom is 0.338 e. The lowest BCUT2D eigenvalue weighted by Crippen LogP contribution is -2.46. The van der Waals surface area contributed by atoms with E-state index in [1.807, 2.05) is 13.0 Å². The Hall–Kier alpha value is -3.80. The Bertz CT molecular complexity index is 1500. The fraction of sp³-hybridized carbons (Fsp3) is 0.500. The zero-order chi connectivity index (χ0) is 26.5. The van der Waals surface area contributed by atoms with Crippen molar-refractivity contribution in [2.75, 3.05) is 0 Å². The van der Waals surface area contributed by atoms with E-state index in [-0.39, 0.29) is 43.3 Å². The molecule has 2 saturated carbocycles. The quantitative estimate of drug-likeness (QED) is 0.393. The number of fused-ring (bicyclic) bond motifs is 1. The van der Waals surface area contributed by atoms with E-state index in [2.05, 4.69) is 21.1 Å². The van der Waals surface area contributed by atoms with Gasteiger partial charge in [-0.05, 0) is 68.6 Å². The molecule has 0 amide bonds. The van der Waals surface area contributed by atoms with E-state index in [9.17, 15) is 19.6 Å². The Balaban J connectivity index is 0.00000308. The van der Waals surface area contributed by atoms with Crippen molar-refractivity contribution in [3.8, 4) is 6.07 Å². The lowest BCUT2D eigenvalue weighted by molar-refractivity contribution is -0.167. The topological polar surface area (TPSA) is 113 Å². The smallest absolute Gasteiger partial charge is 0.338 e. The van der Waals surface area contributed by atoms with E-state index in [0.717, 1.165) is 36.8 Å². The minimum atomic E-state index is -0.842. The molecule has 2 aliphatic carbocycles. The standard InChI is InChI=1S/C29H30FN5O3.CH4/c1-18-15-32-27-33-25(34-35(27)16-18)13-21-24(36)14-29(38-26(21)37,20-4-2-3-5-20)9-8-19-6-7-22(23(30)12-19)28(17-31)10-11-28;/h6-7,12,15-16,20,36H,2-5,8-11,13-14H2,1H3;1H4. The van der Waals surface area contributed by atoms with Gasteiger partial charge in [0.15, 0.2) is 5.82 Å². The third-order valence-corrected chi connectivity index (χ3v) is 8.51. The Kier molecular flexibility index (Phi) is 6.91. The SMILES string of the molecule is C.Cc1cnc2nc(CC3=C(O)CC(CCc4ccc(C5(C#N)CC5)c(F)c4)(C4CCCC4)OC3=O)nn2c1. The second-order valence-electron chi connectivity index (χ2n) is 11.1. The fourth-order valence-corrected chi connectivity index (χ4v) is 6.16. The van der Waals surface area contributed by atoms with E-state index in [1.54, 1.807) is 23.0 Å². The number of ether oxygens (including phenoxy) is 1. The molecule has 1 N–H and O–H groups in total. The molecule has 39 heavy (non-hydrogen) atoms. The number of carbonyl (C=O) groups excluding carboxylic acids is 1. The normalized spacial score (nSPS) is 22.4. The number of cyclic esters (lactones) is 1. The minimum Gasteiger partial charge on any atom is -0.512 e. The summed E-state index contributed by atoms with van der Waals surface area (Å²) in [6.07, 6.45) is 10.1. The zero-order valence-corrected chi connectivity index (χ0v) is 21.4. The van der Waals surface area contributed by atoms with Crippen LogP contribution in [0.1, 0.15) is 81.3 Å². The molecule has 1 atom stereocenters. The van der Waals surface area contributed by atoms with Crippen LogP contribution >= 0.6 is 0 Å². The van der Waals surface area contributed by atoms with Gasteiger partial charge in [-0.3, -0.25) is 0 Å². The summed E-state index contributed by atoms with van der Waals surface area (Å²) in [4.78, 5) is 21.9. The van der Waals surface area contributed by atoms with Gasteiger partial charge in [0.05, 0.1) is 17.1 Å². The van der Waals surface area contributed by atoms with Gasteiger partial charge in [-0.2, -0.15) is 10.2 Å². The molecule has 0 radical (unpaired) electrons. The molecule has 2 aromatic heterocycles. The first kappa shape index (κ1) is 26.8. The third-order valence-electron chi connectivity index (χ3n) is 8.51. The van der Waals surface area contributed by atoms with Gasteiger partial charge in [-0.1, -0.05) is 32.4 Å². The molecule has 1 aromatic carbocycles. The van der Waals surface area contributed by atoms with Crippen LogP contribution in [0.4, 0.5) is 4.39 Å². The largest absolute Gasteiger partial charge is 0.512 e. The van der Waals surface area contributed by atoms with E-state index in [0.29, 0.717) is 42.8 Å². The number of aliphatic hydroxyl groups excluding tert-OH is 1. The highest BCUT2D eigenvalue weighted by atomic mass is 19.1. The predicted molar refractivity (Wildman–Crippen MR) is 142 cm³/mol. The monoisotopic (exact) mass is 531 g/mol. The average molecular weight is 532 g/mol. The van der Waals surface area contributed by atoms with Crippen LogP contribution in [0.25, 0.3) is 5.78 Å². The Morgan fingerprint density at radius 3 is 2.72 bits per heavy atom. The van der Waals surface area contributed by atoms with Crippen molar-refractivity contribution in [2.45, 2.75) is 89.6 Å². The van der Waals surface area contributed by atoms with Gasteiger partial charge >= 0.3 is 5.97 Å². The minimum absolute atomic E-state index is 0. The predicted octanol–water partition coefficient (Wildman–Crippen LogP) is 5.63. The molecule has 3 aliphatic rings. The number of aryl methyl sites for hydroxylation is 2. The molecule has 6 rings (SSSR count). The zero-order valence-electron chi connectivity index (χ0n) is 21.4.